The second kappa shape index (κ2) is 7.40. The number of rotatable bonds is 2. The highest BCUT2D eigenvalue weighted by molar-refractivity contribution is 6.35. The predicted octanol–water partition coefficient (Wildman–Crippen LogP) is 1.28. The minimum absolute atomic E-state index is 0.0691. The zero-order chi connectivity index (χ0) is 18.7. The molecule has 0 aliphatic carbocycles. The number of aromatic nitrogens is 1. The summed E-state index contributed by atoms with van der Waals surface area (Å²) in [5.74, 6) is -1.05. The van der Waals surface area contributed by atoms with Crippen LogP contribution in [0.15, 0.2) is 30.3 Å². The van der Waals surface area contributed by atoms with Crippen molar-refractivity contribution in [1.29, 1.82) is 5.26 Å². The molecule has 1 N–H and O–H groups in total. The first-order valence-corrected chi connectivity index (χ1v) is 8.64. The van der Waals surface area contributed by atoms with Gasteiger partial charge in [0.05, 0.1) is 5.52 Å². The van der Waals surface area contributed by atoms with Gasteiger partial charge in [-0.05, 0) is 26.0 Å². The van der Waals surface area contributed by atoms with Crippen molar-refractivity contribution < 1.29 is 9.59 Å². The normalized spacial score (nSPS) is 14.4. The number of carbonyl (C=O) groups is 2. The molecule has 1 aromatic carbocycles. The fraction of sp³-hybridized carbons (Fsp3) is 0.368. The number of benzene rings is 1. The molecule has 7 heteroatoms. The van der Waals surface area contributed by atoms with E-state index in [0.717, 1.165) is 16.6 Å². The third-order valence-electron chi connectivity index (χ3n) is 4.33. The number of para-hydroxylation sites is 1. The molecule has 1 saturated heterocycles. The first-order valence-electron chi connectivity index (χ1n) is 8.64. The molecule has 1 aliphatic rings. The van der Waals surface area contributed by atoms with Gasteiger partial charge < -0.3 is 15.1 Å². The maximum Gasteiger partial charge on any atom is 0.312 e. The van der Waals surface area contributed by atoms with E-state index in [1.165, 1.54) is 0 Å². The van der Waals surface area contributed by atoms with Gasteiger partial charge in [0.1, 0.15) is 11.8 Å². The van der Waals surface area contributed by atoms with Crippen molar-refractivity contribution in [3.63, 3.8) is 0 Å². The summed E-state index contributed by atoms with van der Waals surface area (Å²) in [6.07, 6.45) is 0. The minimum Gasteiger partial charge on any atom is -0.367 e. The zero-order valence-electron chi connectivity index (χ0n) is 14.9. The number of carbonyl (C=O) groups excluding carboxylic acids is 2. The van der Waals surface area contributed by atoms with Crippen LogP contribution in [-0.4, -0.2) is 53.9 Å². The molecule has 2 amide bonds. The van der Waals surface area contributed by atoms with Crippen LogP contribution in [0.3, 0.4) is 0 Å². The maximum absolute atomic E-state index is 12.2. The Bertz CT molecular complexity index is 879. The van der Waals surface area contributed by atoms with Gasteiger partial charge in [0.2, 0.25) is 0 Å². The monoisotopic (exact) mass is 351 g/mol. The number of hydrogen-bond acceptors (Lipinski definition) is 5. The van der Waals surface area contributed by atoms with Crippen LogP contribution in [0, 0.1) is 11.3 Å². The Morgan fingerprint density at radius 2 is 1.88 bits per heavy atom. The van der Waals surface area contributed by atoms with E-state index in [2.05, 4.69) is 21.3 Å². The van der Waals surface area contributed by atoms with E-state index in [-0.39, 0.29) is 6.04 Å². The molecule has 2 heterocycles. The highest BCUT2D eigenvalue weighted by atomic mass is 16.2. The van der Waals surface area contributed by atoms with Crippen LogP contribution < -0.4 is 10.2 Å². The second-order valence-corrected chi connectivity index (χ2v) is 6.56. The molecule has 0 unspecified atom stereocenters. The standard InChI is InChI=1S/C19H21N5O2/c1-13(2)21-18(25)19(26)24-9-7-23(8-10-24)17-11-14(12-20)22-16-6-4-3-5-15(16)17/h3-6,11,13H,7-10H2,1-2H3,(H,21,25). The van der Waals surface area contributed by atoms with Crippen LogP contribution >= 0.6 is 0 Å². The van der Waals surface area contributed by atoms with Crippen LogP contribution in [0.2, 0.25) is 0 Å². The number of pyridine rings is 1. The van der Waals surface area contributed by atoms with Crippen molar-refractivity contribution in [2.45, 2.75) is 19.9 Å². The zero-order valence-corrected chi connectivity index (χ0v) is 14.9. The number of amides is 2. The van der Waals surface area contributed by atoms with E-state index in [1.807, 2.05) is 38.1 Å². The van der Waals surface area contributed by atoms with E-state index in [9.17, 15) is 14.9 Å². The summed E-state index contributed by atoms with van der Waals surface area (Å²) in [6, 6.07) is 11.5. The number of hydrogen-bond donors (Lipinski definition) is 1. The lowest BCUT2D eigenvalue weighted by Gasteiger charge is -2.36. The van der Waals surface area contributed by atoms with Gasteiger partial charge >= 0.3 is 11.8 Å². The topological polar surface area (TPSA) is 89.3 Å². The Labute approximate surface area is 152 Å². The largest absolute Gasteiger partial charge is 0.367 e. The molecule has 0 radical (unpaired) electrons. The number of nitrogens with one attached hydrogen (secondary N) is 1. The molecule has 1 aliphatic heterocycles. The summed E-state index contributed by atoms with van der Waals surface area (Å²) in [5, 5.41) is 12.8. The quantitative estimate of drug-likeness (QED) is 0.823. The molecular weight excluding hydrogens is 330 g/mol. The Hall–Kier alpha value is -3.14. The molecule has 0 bridgehead atoms. The molecule has 26 heavy (non-hydrogen) atoms. The Morgan fingerprint density at radius 1 is 1.19 bits per heavy atom. The summed E-state index contributed by atoms with van der Waals surface area (Å²) < 4.78 is 0. The van der Waals surface area contributed by atoms with Crippen molar-refractivity contribution in [3.05, 3.63) is 36.0 Å². The number of nitrogens with zero attached hydrogens (tertiary/aromatic N) is 4. The third kappa shape index (κ3) is 3.59. The third-order valence-corrected chi connectivity index (χ3v) is 4.33. The highest BCUT2D eigenvalue weighted by Crippen LogP contribution is 2.27. The first-order chi connectivity index (χ1) is 12.5. The summed E-state index contributed by atoms with van der Waals surface area (Å²) >= 11 is 0. The number of fused-ring (bicyclic) bond motifs is 1. The Kier molecular flexibility index (Phi) is 5.03. The number of anilines is 1. The second-order valence-electron chi connectivity index (χ2n) is 6.56. The lowest BCUT2D eigenvalue weighted by Crippen LogP contribution is -2.53. The summed E-state index contributed by atoms with van der Waals surface area (Å²) in [7, 11) is 0. The van der Waals surface area contributed by atoms with Gasteiger partial charge in [0.15, 0.2) is 0 Å². The molecule has 2 aromatic rings. The van der Waals surface area contributed by atoms with Gasteiger partial charge in [0.25, 0.3) is 0 Å². The summed E-state index contributed by atoms with van der Waals surface area (Å²) in [6.45, 7) is 5.76. The van der Waals surface area contributed by atoms with E-state index in [0.29, 0.717) is 31.9 Å². The number of nitriles is 1. The van der Waals surface area contributed by atoms with Crippen molar-refractivity contribution in [2.75, 3.05) is 31.1 Å². The molecule has 1 aromatic heterocycles. The lowest BCUT2D eigenvalue weighted by atomic mass is 10.1. The minimum atomic E-state index is -0.561. The Morgan fingerprint density at radius 3 is 2.54 bits per heavy atom. The summed E-state index contributed by atoms with van der Waals surface area (Å²) in [4.78, 5) is 32.2. The van der Waals surface area contributed by atoms with Crippen molar-refractivity contribution in [1.82, 2.24) is 15.2 Å². The van der Waals surface area contributed by atoms with E-state index in [1.54, 1.807) is 11.0 Å². The van der Waals surface area contributed by atoms with E-state index >= 15 is 0 Å². The summed E-state index contributed by atoms with van der Waals surface area (Å²) in [5.41, 5.74) is 2.08. The number of piperazine rings is 1. The van der Waals surface area contributed by atoms with E-state index < -0.39 is 11.8 Å². The van der Waals surface area contributed by atoms with Gasteiger partial charge in [-0.25, -0.2) is 4.98 Å². The van der Waals surface area contributed by atoms with Crippen LogP contribution in [0.5, 0.6) is 0 Å². The molecule has 7 nitrogen and oxygen atoms in total. The average Bonchev–Trinajstić information content (AvgIpc) is 2.66. The molecule has 0 saturated carbocycles. The van der Waals surface area contributed by atoms with Crippen LogP contribution in [0.25, 0.3) is 10.9 Å². The fourth-order valence-corrected chi connectivity index (χ4v) is 3.09. The van der Waals surface area contributed by atoms with Gasteiger partial charge in [-0.1, -0.05) is 18.2 Å². The van der Waals surface area contributed by atoms with Crippen LogP contribution in [0.4, 0.5) is 5.69 Å². The van der Waals surface area contributed by atoms with Gasteiger partial charge in [-0.2, -0.15) is 5.26 Å². The predicted molar refractivity (Wildman–Crippen MR) is 98.5 cm³/mol. The van der Waals surface area contributed by atoms with Crippen molar-refractivity contribution in [3.8, 4) is 6.07 Å². The van der Waals surface area contributed by atoms with Gasteiger partial charge in [0, 0.05) is 43.3 Å². The molecule has 0 spiro atoms. The SMILES string of the molecule is CC(C)NC(=O)C(=O)N1CCN(c2cc(C#N)nc3ccccc23)CC1. The van der Waals surface area contributed by atoms with Gasteiger partial charge in [-0.3, -0.25) is 9.59 Å². The molecule has 134 valence electrons. The maximum atomic E-state index is 12.2. The smallest absolute Gasteiger partial charge is 0.312 e. The molecular formula is C19H21N5O2. The molecule has 1 fully saturated rings. The van der Waals surface area contributed by atoms with Crippen molar-refractivity contribution >= 4 is 28.4 Å². The molecule has 3 rings (SSSR count). The fourth-order valence-electron chi connectivity index (χ4n) is 3.09. The van der Waals surface area contributed by atoms with Gasteiger partial charge in [-0.15, -0.1) is 0 Å². The highest BCUT2D eigenvalue weighted by Gasteiger charge is 2.27. The van der Waals surface area contributed by atoms with Crippen LogP contribution in [0.1, 0.15) is 19.5 Å². The first kappa shape index (κ1) is 17.7. The Balaban J connectivity index is 1.76. The average molecular weight is 351 g/mol. The van der Waals surface area contributed by atoms with Crippen LogP contribution in [-0.2, 0) is 9.59 Å². The molecule has 0 atom stereocenters. The van der Waals surface area contributed by atoms with Crippen molar-refractivity contribution in [2.24, 2.45) is 0 Å². The lowest BCUT2D eigenvalue weighted by molar-refractivity contribution is -0.146. The van der Waals surface area contributed by atoms with E-state index in [4.69, 9.17) is 0 Å².